The van der Waals surface area contributed by atoms with Crippen LogP contribution in [0.5, 0.6) is 5.75 Å². The van der Waals surface area contributed by atoms with Crippen molar-refractivity contribution < 1.29 is 32.3 Å². The maximum atomic E-state index is 12.8. The number of para-hydroxylation sites is 1. The Morgan fingerprint density at radius 3 is 2.26 bits per heavy atom. The van der Waals surface area contributed by atoms with Gasteiger partial charge >= 0.3 is 18.4 Å². The van der Waals surface area contributed by atoms with Crippen molar-refractivity contribution in [3.8, 4) is 5.75 Å². The van der Waals surface area contributed by atoms with Crippen molar-refractivity contribution in [3.05, 3.63) is 83.4 Å². The van der Waals surface area contributed by atoms with E-state index in [-0.39, 0.29) is 23.4 Å². The molecule has 1 aliphatic rings. The van der Waals surface area contributed by atoms with Gasteiger partial charge in [0.2, 0.25) is 5.91 Å². The number of rotatable bonds is 8. The van der Waals surface area contributed by atoms with Crippen LogP contribution in [0.4, 0.5) is 39.8 Å². The van der Waals surface area contributed by atoms with Crippen molar-refractivity contribution in [1.82, 2.24) is 5.32 Å². The Labute approximate surface area is 250 Å². The van der Waals surface area contributed by atoms with E-state index in [0.29, 0.717) is 17.3 Å². The fourth-order valence-electron chi connectivity index (χ4n) is 4.48. The minimum Gasteiger partial charge on any atom is -0.406 e. The summed E-state index contributed by atoms with van der Waals surface area (Å²) in [7, 11) is 0. The van der Waals surface area contributed by atoms with Crippen molar-refractivity contribution in [3.63, 3.8) is 0 Å². The zero-order valence-electron chi connectivity index (χ0n) is 23.6. The van der Waals surface area contributed by atoms with Gasteiger partial charge in [-0.1, -0.05) is 49.0 Å². The quantitative estimate of drug-likeness (QED) is 0.257. The number of nitrogens with one attached hydrogen (secondary N) is 3. The van der Waals surface area contributed by atoms with E-state index in [0.717, 1.165) is 40.9 Å². The third kappa shape index (κ3) is 8.74. The molecule has 1 heterocycles. The summed E-state index contributed by atoms with van der Waals surface area (Å²) in [4.78, 5) is 43.5. The Hall–Kier alpha value is -4.52. The highest BCUT2D eigenvalue weighted by Gasteiger charge is 2.33. The zero-order chi connectivity index (χ0) is 31.1. The lowest BCUT2D eigenvalue weighted by Crippen LogP contribution is -2.35. The molecule has 9 nitrogen and oxygen atoms in total. The van der Waals surface area contributed by atoms with Crippen molar-refractivity contribution >= 4 is 52.0 Å². The van der Waals surface area contributed by atoms with E-state index < -0.39 is 24.2 Å². The van der Waals surface area contributed by atoms with Gasteiger partial charge in [-0.15, -0.1) is 13.2 Å². The maximum Gasteiger partial charge on any atom is 0.573 e. The highest BCUT2D eigenvalue weighted by atomic mass is 32.2. The van der Waals surface area contributed by atoms with E-state index in [1.54, 1.807) is 24.3 Å². The molecular formula is C30H30F3N5O4S. The van der Waals surface area contributed by atoms with Crippen molar-refractivity contribution in [2.24, 2.45) is 4.99 Å². The van der Waals surface area contributed by atoms with Crippen LogP contribution in [0.25, 0.3) is 0 Å². The summed E-state index contributed by atoms with van der Waals surface area (Å²) >= 11 is 1.23. The van der Waals surface area contributed by atoms with Crippen LogP contribution < -0.4 is 25.6 Å². The number of aryl methyl sites for hydroxylation is 2. The topological polar surface area (TPSA) is 112 Å². The number of ether oxygens (including phenoxy) is 1. The number of carbonyl (C=O) groups is 3. The van der Waals surface area contributed by atoms with Crippen LogP contribution in [-0.4, -0.2) is 41.3 Å². The molecule has 5 amide bonds. The zero-order valence-corrected chi connectivity index (χ0v) is 24.4. The van der Waals surface area contributed by atoms with E-state index in [4.69, 9.17) is 0 Å². The second kappa shape index (κ2) is 13.6. The molecule has 1 fully saturated rings. The molecule has 0 aromatic heterocycles. The SMILES string of the molecule is CCc1cccc(C)c1N1C(=O)CSC1=NC(=O)NC(C)Cc1ccc(NC(=O)Nc2ccc(OC(F)(F)F)cc2)cc1. The molecule has 0 bridgehead atoms. The molecule has 4 rings (SSSR count). The van der Waals surface area contributed by atoms with Crippen molar-refractivity contribution in [2.75, 3.05) is 21.3 Å². The number of halogens is 3. The largest absolute Gasteiger partial charge is 0.573 e. The van der Waals surface area contributed by atoms with Crippen molar-refractivity contribution in [2.45, 2.75) is 46.0 Å². The lowest BCUT2D eigenvalue weighted by atomic mass is 10.0. The van der Waals surface area contributed by atoms with E-state index in [2.05, 4.69) is 25.7 Å². The predicted molar refractivity (Wildman–Crippen MR) is 162 cm³/mol. The first-order valence-electron chi connectivity index (χ1n) is 13.4. The van der Waals surface area contributed by atoms with Gasteiger partial charge in [-0.2, -0.15) is 4.99 Å². The van der Waals surface area contributed by atoms with Crippen LogP contribution in [0.2, 0.25) is 0 Å². The summed E-state index contributed by atoms with van der Waals surface area (Å²) in [5, 5.41) is 8.37. The number of aliphatic imine (C=N–C) groups is 1. The molecule has 0 aliphatic carbocycles. The number of hydrogen-bond donors (Lipinski definition) is 3. The number of urea groups is 2. The Morgan fingerprint density at radius 2 is 1.65 bits per heavy atom. The van der Waals surface area contributed by atoms with Crippen LogP contribution in [0.15, 0.2) is 71.7 Å². The first-order valence-corrected chi connectivity index (χ1v) is 14.4. The number of nitrogens with zero attached hydrogens (tertiary/aromatic N) is 2. The number of amidine groups is 1. The molecule has 1 unspecified atom stereocenters. The van der Waals surface area contributed by atoms with E-state index in [9.17, 15) is 27.6 Å². The fourth-order valence-corrected chi connectivity index (χ4v) is 5.33. The van der Waals surface area contributed by atoms with Gasteiger partial charge in [0.15, 0.2) is 5.17 Å². The van der Waals surface area contributed by atoms with Gasteiger partial charge in [0.05, 0.1) is 11.4 Å². The highest BCUT2D eigenvalue weighted by molar-refractivity contribution is 8.15. The Balaban J connectivity index is 1.30. The van der Waals surface area contributed by atoms with E-state index >= 15 is 0 Å². The molecule has 3 aromatic rings. The van der Waals surface area contributed by atoms with E-state index in [1.165, 1.54) is 28.8 Å². The van der Waals surface area contributed by atoms with Gasteiger partial charge in [0, 0.05) is 17.4 Å². The number of hydrogen-bond acceptors (Lipinski definition) is 5. The summed E-state index contributed by atoms with van der Waals surface area (Å²) in [5.41, 5.74) is 4.38. The summed E-state index contributed by atoms with van der Waals surface area (Å²) in [6.07, 6.45) is -3.57. The smallest absolute Gasteiger partial charge is 0.406 e. The van der Waals surface area contributed by atoms with Gasteiger partial charge in [-0.3, -0.25) is 9.69 Å². The molecule has 1 aliphatic heterocycles. The number of amides is 5. The molecule has 3 N–H and O–H groups in total. The van der Waals surface area contributed by atoms with Crippen LogP contribution in [0.3, 0.4) is 0 Å². The van der Waals surface area contributed by atoms with Crippen molar-refractivity contribution in [1.29, 1.82) is 0 Å². The minimum absolute atomic E-state index is 0.121. The molecule has 3 aromatic carbocycles. The Bertz CT molecular complexity index is 1510. The van der Waals surface area contributed by atoms with Gasteiger partial charge in [-0.05, 0) is 79.8 Å². The molecule has 0 spiro atoms. The summed E-state index contributed by atoms with van der Waals surface area (Å²) < 4.78 is 40.7. The van der Waals surface area contributed by atoms with Gasteiger partial charge in [0.25, 0.3) is 0 Å². The Kier molecular flexibility index (Phi) is 9.96. The van der Waals surface area contributed by atoms with Gasteiger partial charge in [-0.25, -0.2) is 9.59 Å². The van der Waals surface area contributed by atoms with Crippen LogP contribution in [0.1, 0.15) is 30.5 Å². The number of anilines is 3. The van der Waals surface area contributed by atoms with Gasteiger partial charge < -0.3 is 20.7 Å². The first-order chi connectivity index (χ1) is 20.4. The number of thioether (sulfide) groups is 1. The molecule has 1 saturated heterocycles. The highest BCUT2D eigenvalue weighted by Crippen LogP contribution is 2.33. The third-order valence-corrected chi connectivity index (χ3v) is 7.28. The normalized spacial score (nSPS) is 14.9. The predicted octanol–water partition coefficient (Wildman–Crippen LogP) is 6.88. The molecule has 43 heavy (non-hydrogen) atoms. The summed E-state index contributed by atoms with van der Waals surface area (Å²) in [5.74, 6) is -0.306. The maximum absolute atomic E-state index is 12.8. The minimum atomic E-state index is -4.80. The molecule has 226 valence electrons. The molecule has 0 radical (unpaired) electrons. The lowest BCUT2D eigenvalue weighted by Gasteiger charge is -2.22. The summed E-state index contributed by atoms with van der Waals surface area (Å²) in [6.45, 7) is 5.78. The molecule has 1 atom stereocenters. The van der Waals surface area contributed by atoms with E-state index in [1.807, 2.05) is 39.0 Å². The second-order valence-electron chi connectivity index (χ2n) is 9.75. The van der Waals surface area contributed by atoms with Crippen LogP contribution in [0, 0.1) is 6.92 Å². The third-order valence-electron chi connectivity index (χ3n) is 6.36. The number of alkyl halides is 3. The average Bonchev–Trinajstić information content (AvgIpc) is 3.28. The molecular weight excluding hydrogens is 583 g/mol. The monoisotopic (exact) mass is 613 g/mol. The summed E-state index contributed by atoms with van der Waals surface area (Å²) in [6, 6.07) is 16.2. The second-order valence-corrected chi connectivity index (χ2v) is 10.7. The average molecular weight is 614 g/mol. The standard InChI is InChI=1S/C30H30F3N5O4S/c1-4-21-7-5-6-18(2)26(21)38-25(39)17-43-29(38)37-27(40)34-19(3)16-20-8-10-22(11-9-20)35-28(41)36-23-12-14-24(15-13-23)42-30(31,32)33/h5-15,19H,4,16-17H2,1-3H3,(H,34,40)(H2,35,36,41). The number of carbonyl (C=O) groups excluding carboxylic acids is 3. The fraction of sp³-hybridized carbons (Fsp3) is 0.267. The lowest BCUT2D eigenvalue weighted by molar-refractivity contribution is -0.274. The van der Waals surface area contributed by atoms with Gasteiger partial charge in [0.1, 0.15) is 5.75 Å². The first kappa shape index (κ1) is 31.4. The number of benzene rings is 3. The Morgan fingerprint density at radius 1 is 1.02 bits per heavy atom. The molecule has 0 saturated carbocycles. The van der Waals surface area contributed by atoms with Crippen LogP contribution in [-0.2, 0) is 17.6 Å². The molecule has 13 heteroatoms. The van der Waals surface area contributed by atoms with Crippen LogP contribution >= 0.6 is 11.8 Å².